The molecule has 4 aromatic carbocycles. The Labute approximate surface area is 220 Å². The van der Waals surface area contributed by atoms with Crippen LogP contribution in [0.4, 0.5) is 0 Å². The maximum atomic E-state index is 2.31. The van der Waals surface area contributed by atoms with Crippen LogP contribution in [0.1, 0.15) is 43.0 Å². The predicted octanol–water partition coefficient (Wildman–Crippen LogP) is 4.23. The molecule has 0 unspecified atom stereocenters. The summed E-state index contributed by atoms with van der Waals surface area (Å²) in [6, 6.07) is 36.4. The molecule has 0 saturated heterocycles. The van der Waals surface area contributed by atoms with Crippen molar-refractivity contribution < 1.29 is 4.90 Å². The highest BCUT2D eigenvalue weighted by atomic mass is 15.1. The SMILES string of the molecule is CC[NH+](CC)CC.Cc1ccc([B-](c2ccc(C)cc2)(c2ccc(C)cc2)c2ccc(C)cc2)cc1. The lowest BCUT2D eigenvalue weighted by molar-refractivity contribution is -0.894. The van der Waals surface area contributed by atoms with Crippen LogP contribution < -0.4 is 26.8 Å². The van der Waals surface area contributed by atoms with E-state index in [1.807, 2.05) is 0 Å². The first-order chi connectivity index (χ1) is 17.3. The van der Waals surface area contributed by atoms with Gasteiger partial charge in [-0.25, -0.2) is 0 Å². The average Bonchev–Trinajstić information content (AvgIpc) is 2.90. The third-order valence-corrected chi connectivity index (χ3v) is 7.81. The van der Waals surface area contributed by atoms with E-state index < -0.39 is 6.15 Å². The minimum Gasteiger partial charge on any atom is -0.336 e. The molecule has 0 fully saturated rings. The van der Waals surface area contributed by atoms with Crippen LogP contribution >= 0.6 is 0 Å². The second-order valence-corrected chi connectivity index (χ2v) is 10.3. The molecule has 0 spiro atoms. The summed E-state index contributed by atoms with van der Waals surface area (Å²) < 4.78 is 0. The molecule has 0 radical (unpaired) electrons. The summed E-state index contributed by atoms with van der Waals surface area (Å²) in [5.74, 6) is 0. The van der Waals surface area contributed by atoms with Gasteiger partial charge in [-0.2, -0.15) is 21.9 Å². The minimum atomic E-state index is -1.27. The molecule has 36 heavy (non-hydrogen) atoms. The van der Waals surface area contributed by atoms with Gasteiger partial charge in [-0.1, -0.05) is 119 Å². The highest BCUT2D eigenvalue weighted by Crippen LogP contribution is 2.12. The van der Waals surface area contributed by atoms with E-state index in [0.717, 1.165) is 0 Å². The van der Waals surface area contributed by atoms with Gasteiger partial charge in [-0.05, 0) is 48.5 Å². The number of hydrogen-bond acceptors (Lipinski definition) is 0. The van der Waals surface area contributed by atoms with Gasteiger partial charge in [0, 0.05) is 0 Å². The zero-order valence-electron chi connectivity index (χ0n) is 23.4. The topological polar surface area (TPSA) is 4.44 Å². The van der Waals surface area contributed by atoms with Crippen LogP contribution in [0.25, 0.3) is 0 Å². The first-order valence-corrected chi connectivity index (χ1v) is 13.6. The fraction of sp³-hybridized carbons (Fsp3) is 0.294. The van der Waals surface area contributed by atoms with Crippen LogP contribution in [0.5, 0.6) is 0 Å². The molecule has 0 aromatic heterocycles. The van der Waals surface area contributed by atoms with Crippen LogP contribution in [0.3, 0.4) is 0 Å². The Hall–Kier alpha value is -3.10. The van der Waals surface area contributed by atoms with Gasteiger partial charge in [0.1, 0.15) is 6.15 Å². The van der Waals surface area contributed by atoms with E-state index in [1.165, 1.54) is 63.7 Å². The average molecular weight is 478 g/mol. The first kappa shape index (κ1) is 27.5. The van der Waals surface area contributed by atoms with Crippen molar-refractivity contribution in [2.75, 3.05) is 19.6 Å². The summed E-state index contributed by atoms with van der Waals surface area (Å²) in [6.45, 7) is 19.1. The molecule has 0 heterocycles. The van der Waals surface area contributed by atoms with Gasteiger partial charge < -0.3 is 4.90 Å². The minimum absolute atomic E-state index is 1.27. The highest BCUT2D eigenvalue weighted by molar-refractivity contribution is 7.19. The van der Waals surface area contributed by atoms with E-state index in [-0.39, 0.29) is 0 Å². The molecule has 4 aromatic rings. The fourth-order valence-corrected chi connectivity index (χ4v) is 5.33. The summed E-state index contributed by atoms with van der Waals surface area (Å²) in [6.07, 6.45) is -1.27. The smallest absolute Gasteiger partial charge is 0.108 e. The summed E-state index contributed by atoms with van der Waals surface area (Å²) in [4.78, 5) is 1.68. The van der Waals surface area contributed by atoms with E-state index in [0.29, 0.717) is 0 Å². The normalized spacial score (nSPS) is 11.2. The number of quaternary nitrogens is 1. The largest absolute Gasteiger partial charge is 0.336 e. The molecular formula is C34H44BN. The first-order valence-electron chi connectivity index (χ1n) is 13.6. The highest BCUT2D eigenvalue weighted by Gasteiger charge is 2.31. The Morgan fingerprint density at radius 3 is 0.722 bits per heavy atom. The zero-order valence-corrected chi connectivity index (χ0v) is 23.4. The second kappa shape index (κ2) is 12.7. The lowest BCUT2D eigenvalue weighted by Crippen LogP contribution is -3.11. The van der Waals surface area contributed by atoms with Gasteiger partial charge in [0.2, 0.25) is 0 Å². The van der Waals surface area contributed by atoms with Gasteiger partial charge in [0.25, 0.3) is 0 Å². The van der Waals surface area contributed by atoms with Crippen molar-refractivity contribution in [1.29, 1.82) is 0 Å². The molecular weight excluding hydrogens is 433 g/mol. The van der Waals surface area contributed by atoms with E-state index in [1.54, 1.807) is 4.90 Å². The number of rotatable bonds is 7. The quantitative estimate of drug-likeness (QED) is 0.380. The Kier molecular flexibility index (Phi) is 9.73. The van der Waals surface area contributed by atoms with Gasteiger partial charge in [0.15, 0.2) is 0 Å². The monoisotopic (exact) mass is 477 g/mol. The molecule has 0 amide bonds. The van der Waals surface area contributed by atoms with Crippen LogP contribution in [-0.4, -0.2) is 25.8 Å². The van der Waals surface area contributed by atoms with Gasteiger partial charge in [-0.3, -0.25) is 0 Å². The summed E-state index contributed by atoms with van der Waals surface area (Å²) in [5.41, 5.74) is 10.6. The number of nitrogens with one attached hydrogen (secondary N) is 1. The molecule has 1 N–H and O–H groups in total. The molecule has 188 valence electrons. The lowest BCUT2D eigenvalue weighted by atomic mass is 9.13. The van der Waals surface area contributed by atoms with Crippen molar-refractivity contribution in [3.8, 4) is 0 Å². The maximum Gasteiger partial charge on any atom is 0.108 e. The van der Waals surface area contributed by atoms with Gasteiger partial charge in [0.05, 0.1) is 19.6 Å². The van der Waals surface area contributed by atoms with Gasteiger partial charge in [-0.15, -0.1) is 0 Å². The van der Waals surface area contributed by atoms with Crippen LogP contribution in [-0.2, 0) is 0 Å². The fourth-order valence-electron chi connectivity index (χ4n) is 5.33. The third-order valence-electron chi connectivity index (χ3n) is 7.81. The predicted molar refractivity (Wildman–Crippen MR) is 162 cm³/mol. The van der Waals surface area contributed by atoms with E-state index in [2.05, 4.69) is 146 Å². The maximum absolute atomic E-state index is 2.31. The number of benzene rings is 4. The van der Waals surface area contributed by atoms with Crippen molar-refractivity contribution >= 4 is 28.0 Å². The molecule has 4 rings (SSSR count). The Balaban J connectivity index is 0.000000454. The van der Waals surface area contributed by atoms with Crippen molar-refractivity contribution in [2.45, 2.75) is 48.5 Å². The van der Waals surface area contributed by atoms with Crippen molar-refractivity contribution in [2.24, 2.45) is 0 Å². The Bertz CT molecular complexity index is 993. The van der Waals surface area contributed by atoms with Crippen molar-refractivity contribution in [3.63, 3.8) is 0 Å². The van der Waals surface area contributed by atoms with E-state index >= 15 is 0 Å². The summed E-state index contributed by atoms with van der Waals surface area (Å²) in [7, 11) is 0. The molecule has 0 saturated carbocycles. The Morgan fingerprint density at radius 1 is 0.389 bits per heavy atom. The second-order valence-electron chi connectivity index (χ2n) is 10.3. The lowest BCUT2D eigenvalue weighted by Gasteiger charge is -2.44. The molecule has 0 aliphatic heterocycles. The summed E-state index contributed by atoms with van der Waals surface area (Å²) in [5, 5.41) is 0. The summed E-state index contributed by atoms with van der Waals surface area (Å²) >= 11 is 0. The molecule has 2 heteroatoms. The number of hydrogen-bond donors (Lipinski definition) is 1. The van der Waals surface area contributed by atoms with Crippen LogP contribution in [0.15, 0.2) is 97.1 Å². The van der Waals surface area contributed by atoms with Crippen molar-refractivity contribution in [3.05, 3.63) is 119 Å². The van der Waals surface area contributed by atoms with Crippen molar-refractivity contribution in [1.82, 2.24) is 0 Å². The number of aryl methyl sites for hydroxylation is 4. The molecule has 0 aliphatic carbocycles. The van der Waals surface area contributed by atoms with E-state index in [9.17, 15) is 0 Å². The standard InChI is InChI=1S/C28H28B.C6H15N/c1-21-5-13-25(14-6-21)29(26-15-7-22(2)8-16-26,27-17-9-23(3)10-18-27)28-19-11-24(4)12-20-28;1-4-7(5-2)6-3/h5-20H,1-4H3;4-6H2,1-3H3/q-1;/p+1. The van der Waals surface area contributed by atoms with Crippen LogP contribution in [0.2, 0.25) is 0 Å². The molecule has 0 atom stereocenters. The van der Waals surface area contributed by atoms with Crippen LogP contribution in [0, 0.1) is 27.7 Å². The third kappa shape index (κ3) is 6.17. The molecule has 1 nitrogen and oxygen atoms in total. The molecule has 0 aliphatic rings. The van der Waals surface area contributed by atoms with E-state index in [4.69, 9.17) is 0 Å². The molecule has 0 bridgehead atoms. The van der Waals surface area contributed by atoms with Gasteiger partial charge >= 0.3 is 0 Å². The Morgan fingerprint density at radius 2 is 0.583 bits per heavy atom. The zero-order chi connectivity index (χ0) is 26.1.